The first kappa shape index (κ1) is 15.7. The average molecular weight is 319 g/mol. The van der Waals surface area contributed by atoms with E-state index in [0.29, 0.717) is 11.4 Å². The molecule has 0 atom stereocenters. The van der Waals surface area contributed by atoms with Crippen molar-refractivity contribution in [1.29, 1.82) is 0 Å². The molecule has 5 heteroatoms. The van der Waals surface area contributed by atoms with E-state index in [1.807, 2.05) is 60.7 Å². The van der Waals surface area contributed by atoms with Gasteiger partial charge in [0.1, 0.15) is 5.56 Å². The van der Waals surface area contributed by atoms with Crippen LogP contribution < -0.4 is 5.73 Å². The lowest BCUT2D eigenvalue weighted by Crippen LogP contribution is -2.17. The molecular formula is C19H17N3O2. The second-order valence-corrected chi connectivity index (χ2v) is 5.49. The number of carbonyl (C=O) groups is 1. The third-order valence-corrected chi connectivity index (χ3v) is 3.89. The Labute approximate surface area is 139 Å². The molecule has 120 valence electrons. The van der Waals surface area contributed by atoms with Crippen LogP contribution in [0.1, 0.15) is 38.8 Å². The van der Waals surface area contributed by atoms with Crippen molar-refractivity contribution in [2.24, 2.45) is 0 Å². The minimum absolute atomic E-state index is 0.0735. The van der Waals surface area contributed by atoms with Gasteiger partial charge in [-0.15, -0.1) is 0 Å². The summed E-state index contributed by atoms with van der Waals surface area (Å²) in [7, 11) is 0. The average Bonchev–Trinajstić information content (AvgIpc) is 2.56. The number of aryl methyl sites for hydroxylation is 1. The van der Waals surface area contributed by atoms with Gasteiger partial charge >= 0.3 is 5.97 Å². The molecule has 0 radical (unpaired) electrons. The summed E-state index contributed by atoms with van der Waals surface area (Å²) in [4.78, 5) is 20.1. The summed E-state index contributed by atoms with van der Waals surface area (Å²) in [6, 6.07) is 19.3. The topological polar surface area (TPSA) is 89.1 Å². The molecule has 1 heterocycles. The zero-order chi connectivity index (χ0) is 17.1. The smallest absolute Gasteiger partial charge is 0.339 e. The number of aromatic nitrogens is 2. The van der Waals surface area contributed by atoms with Gasteiger partial charge in [-0.1, -0.05) is 60.7 Å². The number of aromatic carboxylic acids is 1. The Bertz CT molecular complexity index is 825. The van der Waals surface area contributed by atoms with Crippen molar-refractivity contribution in [2.75, 3.05) is 5.73 Å². The second kappa shape index (κ2) is 6.50. The molecule has 0 fully saturated rings. The first-order valence-corrected chi connectivity index (χ1v) is 7.55. The summed E-state index contributed by atoms with van der Waals surface area (Å²) in [5.41, 5.74) is 8.57. The molecule has 1 aromatic heterocycles. The summed E-state index contributed by atoms with van der Waals surface area (Å²) in [5.74, 6) is -1.31. The molecule has 3 N–H and O–H groups in total. The largest absolute Gasteiger partial charge is 0.478 e. The van der Waals surface area contributed by atoms with Crippen LogP contribution in [0.25, 0.3) is 0 Å². The first-order valence-electron chi connectivity index (χ1n) is 7.55. The zero-order valence-electron chi connectivity index (χ0n) is 13.2. The van der Waals surface area contributed by atoms with Crippen LogP contribution in [-0.2, 0) is 0 Å². The number of hydrogen-bond acceptors (Lipinski definition) is 4. The predicted octanol–water partition coefficient (Wildman–Crippen LogP) is 3.25. The van der Waals surface area contributed by atoms with E-state index in [9.17, 15) is 9.90 Å². The highest BCUT2D eigenvalue weighted by Crippen LogP contribution is 2.33. The molecule has 0 aliphatic rings. The van der Waals surface area contributed by atoms with E-state index in [1.165, 1.54) is 0 Å². The molecule has 0 unspecified atom stereocenters. The van der Waals surface area contributed by atoms with E-state index in [4.69, 9.17) is 5.73 Å². The Morgan fingerprint density at radius 2 is 1.46 bits per heavy atom. The Kier molecular flexibility index (Phi) is 4.24. The quantitative estimate of drug-likeness (QED) is 0.770. The SMILES string of the molecule is Cc1nc(N)nc(C(c2ccccc2)c2ccccc2)c1C(=O)O. The van der Waals surface area contributed by atoms with Gasteiger partial charge in [0.2, 0.25) is 5.95 Å². The van der Waals surface area contributed by atoms with Gasteiger partial charge in [0.15, 0.2) is 0 Å². The van der Waals surface area contributed by atoms with Crippen molar-refractivity contribution in [3.05, 3.63) is 88.7 Å². The molecule has 3 rings (SSSR count). The molecule has 0 aliphatic carbocycles. The minimum atomic E-state index is -1.06. The Balaban J connectivity index is 2.30. The van der Waals surface area contributed by atoms with Crippen molar-refractivity contribution < 1.29 is 9.90 Å². The number of rotatable bonds is 4. The van der Waals surface area contributed by atoms with Crippen LogP contribution in [0.4, 0.5) is 5.95 Å². The molecule has 0 bridgehead atoms. The highest BCUT2D eigenvalue weighted by Gasteiger charge is 2.26. The Morgan fingerprint density at radius 3 is 1.92 bits per heavy atom. The van der Waals surface area contributed by atoms with Crippen molar-refractivity contribution in [3.63, 3.8) is 0 Å². The third-order valence-electron chi connectivity index (χ3n) is 3.89. The second-order valence-electron chi connectivity index (χ2n) is 5.49. The molecule has 3 aromatic rings. The van der Waals surface area contributed by atoms with E-state index >= 15 is 0 Å². The lowest BCUT2D eigenvalue weighted by atomic mass is 9.86. The minimum Gasteiger partial charge on any atom is -0.478 e. The molecular weight excluding hydrogens is 302 g/mol. The number of benzene rings is 2. The van der Waals surface area contributed by atoms with Crippen molar-refractivity contribution in [1.82, 2.24) is 9.97 Å². The van der Waals surface area contributed by atoms with Gasteiger partial charge in [0.25, 0.3) is 0 Å². The van der Waals surface area contributed by atoms with Crippen molar-refractivity contribution in [2.45, 2.75) is 12.8 Å². The number of anilines is 1. The van der Waals surface area contributed by atoms with Crippen molar-refractivity contribution in [3.8, 4) is 0 Å². The lowest BCUT2D eigenvalue weighted by molar-refractivity contribution is 0.0693. The molecule has 0 spiro atoms. The van der Waals surface area contributed by atoms with Gasteiger partial charge in [-0.2, -0.15) is 0 Å². The number of nitrogens with two attached hydrogens (primary N) is 1. The normalized spacial score (nSPS) is 10.8. The molecule has 24 heavy (non-hydrogen) atoms. The summed E-state index contributed by atoms with van der Waals surface area (Å²) < 4.78 is 0. The maximum atomic E-state index is 11.8. The van der Waals surface area contributed by atoms with Crippen LogP contribution >= 0.6 is 0 Å². The Hall–Kier alpha value is -3.21. The fraction of sp³-hybridized carbons (Fsp3) is 0.105. The van der Waals surface area contributed by atoms with Gasteiger partial charge in [0, 0.05) is 0 Å². The highest BCUT2D eigenvalue weighted by molar-refractivity contribution is 5.90. The first-order chi connectivity index (χ1) is 11.6. The monoisotopic (exact) mass is 319 g/mol. The van der Waals surface area contributed by atoms with Crippen LogP contribution in [-0.4, -0.2) is 21.0 Å². The number of nitrogen functional groups attached to an aromatic ring is 1. The van der Waals surface area contributed by atoms with Crippen LogP contribution in [0.3, 0.4) is 0 Å². The Morgan fingerprint density at radius 1 is 0.958 bits per heavy atom. The van der Waals surface area contributed by atoms with E-state index < -0.39 is 5.97 Å². The highest BCUT2D eigenvalue weighted by atomic mass is 16.4. The number of hydrogen-bond donors (Lipinski definition) is 2. The van der Waals surface area contributed by atoms with E-state index in [2.05, 4.69) is 9.97 Å². The maximum absolute atomic E-state index is 11.8. The summed E-state index contributed by atoms with van der Waals surface area (Å²) in [5, 5.41) is 9.66. The fourth-order valence-corrected chi connectivity index (χ4v) is 2.89. The summed E-state index contributed by atoms with van der Waals surface area (Å²) in [6.45, 7) is 1.64. The molecule has 0 saturated carbocycles. The molecule has 2 aromatic carbocycles. The zero-order valence-corrected chi connectivity index (χ0v) is 13.2. The molecule has 0 aliphatic heterocycles. The van der Waals surface area contributed by atoms with Gasteiger partial charge < -0.3 is 10.8 Å². The predicted molar refractivity (Wildman–Crippen MR) is 92.0 cm³/mol. The number of nitrogens with zero attached hydrogens (tertiary/aromatic N) is 2. The standard InChI is InChI=1S/C19H17N3O2/c1-12-15(18(23)24)17(22-19(20)21-12)16(13-8-4-2-5-9-13)14-10-6-3-7-11-14/h2-11,16H,1H3,(H,23,24)(H2,20,21,22). The van der Waals surface area contributed by atoms with Crippen LogP contribution in [0.5, 0.6) is 0 Å². The summed E-state index contributed by atoms with van der Waals surface area (Å²) in [6.07, 6.45) is 0. The molecule has 0 amide bonds. The van der Waals surface area contributed by atoms with Gasteiger partial charge in [-0.05, 0) is 18.1 Å². The van der Waals surface area contributed by atoms with Gasteiger partial charge in [-0.3, -0.25) is 0 Å². The number of carboxylic acids is 1. The summed E-state index contributed by atoms with van der Waals surface area (Å²) >= 11 is 0. The van der Waals surface area contributed by atoms with Crippen molar-refractivity contribution >= 4 is 11.9 Å². The van der Waals surface area contributed by atoms with Crippen LogP contribution in [0.2, 0.25) is 0 Å². The van der Waals surface area contributed by atoms with Crippen LogP contribution in [0, 0.1) is 6.92 Å². The fourth-order valence-electron chi connectivity index (χ4n) is 2.89. The third kappa shape index (κ3) is 2.96. The maximum Gasteiger partial charge on any atom is 0.339 e. The molecule has 5 nitrogen and oxygen atoms in total. The van der Waals surface area contributed by atoms with E-state index in [1.54, 1.807) is 6.92 Å². The van der Waals surface area contributed by atoms with Crippen LogP contribution in [0.15, 0.2) is 60.7 Å². The van der Waals surface area contributed by atoms with Gasteiger partial charge in [-0.25, -0.2) is 14.8 Å². The number of carboxylic acid groups (broad SMARTS) is 1. The van der Waals surface area contributed by atoms with E-state index in [0.717, 1.165) is 11.1 Å². The van der Waals surface area contributed by atoms with E-state index in [-0.39, 0.29) is 17.4 Å². The van der Waals surface area contributed by atoms with Gasteiger partial charge in [0.05, 0.1) is 17.3 Å². The molecule has 0 saturated heterocycles. The lowest BCUT2D eigenvalue weighted by Gasteiger charge is -2.20.